The summed E-state index contributed by atoms with van der Waals surface area (Å²) in [5.41, 5.74) is 4.50. The maximum Gasteiger partial charge on any atom is 0.267 e. The number of carbonyl (C=O) groups excluding carboxylic acids is 1. The van der Waals surface area contributed by atoms with Crippen LogP contribution in [0.5, 0.6) is 0 Å². The highest BCUT2D eigenvalue weighted by Gasteiger charge is 2.25. The molecular weight excluding hydrogens is 396 g/mol. The molecule has 0 saturated heterocycles. The molecular formula is C23H20N4O2S. The topological polar surface area (TPSA) is 76.9 Å². The van der Waals surface area contributed by atoms with Gasteiger partial charge in [0.1, 0.15) is 11.6 Å². The first-order valence-corrected chi connectivity index (χ1v) is 10.7. The summed E-state index contributed by atoms with van der Waals surface area (Å²) in [5, 5.41) is 8.12. The number of nitrogens with zero attached hydrogens (tertiary/aromatic N) is 3. The fraction of sp³-hybridized carbons (Fsp3) is 0.217. The highest BCUT2D eigenvalue weighted by molar-refractivity contribution is 7.21. The van der Waals surface area contributed by atoms with Gasteiger partial charge in [0.05, 0.1) is 15.9 Å². The van der Waals surface area contributed by atoms with E-state index in [1.165, 1.54) is 16.3 Å². The van der Waals surface area contributed by atoms with Crippen LogP contribution >= 0.6 is 11.3 Å². The van der Waals surface area contributed by atoms with Crippen molar-refractivity contribution in [1.82, 2.24) is 14.8 Å². The number of hydrogen-bond acceptors (Lipinski definition) is 5. The van der Waals surface area contributed by atoms with E-state index in [9.17, 15) is 9.59 Å². The molecule has 1 aliphatic carbocycles. The van der Waals surface area contributed by atoms with Gasteiger partial charge in [0.15, 0.2) is 0 Å². The zero-order valence-corrected chi connectivity index (χ0v) is 17.3. The van der Waals surface area contributed by atoms with Gasteiger partial charge in [-0.3, -0.25) is 9.59 Å². The molecule has 2 aromatic carbocycles. The standard InChI is InChI=1S/C23H20N4O2S/c1-14-2-9-19-20(12-14)30-23(25-19)16-5-7-17(8-6-16)24-21(28)13-27-22(29)11-10-18(26-27)15-3-4-15/h2,5-12,15H,3-4,13H2,1H3,(H,24,28). The summed E-state index contributed by atoms with van der Waals surface area (Å²) >= 11 is 1.65. The largest absolute Gasteiger partial charge is 0.324 e. The summed E-state index contributed by atoms with van der Waals surface area (Å²) in [7, 11) is 0. The smallest absolute Gasteiger partial charge is 0.267 e. The minimum absolute atomic E-state index is 0.0988. The Hall–Kier alpha value is -3.32. The van der Waals surface area contributed by atoms with E-state index in [2.05, 4.69) is 29.5 Å². The number of rotatable bonds is 5. The Morgan fingerprint density at radius 1 is 1.13 bits per heavy atom. The van der Waals surface area contributed by atoms with Gasteiger partial charge in [-0.15, -0.1) is 11.3 Å². The van der Waals surface area contributed by atoms with Crippen molar-refractivity contribution in [3.05, 3.63) is 76.2 Å². The van der Waals surface area contributed by atoms with E-state index in [-0.39, 0.29) is 18.0 Å². The van der Waals surface area contributed by atoms with Crippen molar-refractivity contribution >= 4 is 33.1 Å². The molecule has 0 spiro atoms. The average molecular weight is 417 g/mol. The third-order valence-corrected chi connectivity index (χ3v) is 6.20. The van der Waals surface area contributed by atoms with Gasteiger partial charge in [0.25, 0.3) is 5.56 Å². The molecule has 0 unspecified atom stereocenters. The summed E-state index contributed by atoms with van der Waals surface area (Å²) in [6.07, 6.45) is 2.19. The lowest BCUT2D eigenvalue weighted by molar-refractivity contribution is -0.117. The van der Waals surface area contributed by atoms with E-state index in [1.54, 1.807) is 17.4 Å². The molecule has 0 aliphatic heterocycles. The van der Waals surface area contributed by atoms with Crippen LogP contribution in [0.1, 0.15) is 30.0 Å². The number of carbonyl (C=O) groups is 1. The first kappa shape index (κ1) is 18.7. The number of thiazole rings is 1. The van der Waals surface area contributed by atoms with Crippen molar-refractivity contribution in [3.8, 4) is 10.6 Å². The molecule has 30 heavy (non-hydrogen) atoms. The van der Waals surface area contributed by atoms with Gasteiger partial charge in [-0.05, 0) is 67.8 Å². The minimum atomic E-state index is -0.277. The normalized spacial score (nSPS) is 13.5. The van der Waals surface area contributed by atoms with Gasteiger partial charge in [-0.25, -0.2) is 9.67 Å². The second-order valence-corrected chi connectivity index (χ2v) is 8.67. The van der Waals surface area contributed by atoms with Crippen molar-refractivity contribution in [2.45, 2.75) is 32.2 Å². The molecule has 7 heteroatoms. The molecule has 2 aromatic heterocycles. The number of nitrogens with one attached hydrogen (secondary N) is 1. The maximum atomic E-state index is 12.4. The van der Waals surface area contributed by atoms with Gasteiger partial charge in [-0.1, -0.05) is 6.07 Å². The van der Waals surface area contributed by atoms with Gasteiger partial charge in [-0.2, -0.15) is 5.10 Å². The van der Waals surface area contributed by atoms with Crippen LogP contribution in [-0.4, -0.2) is 20.7 Å². The Balaban J connectivity index is 1.29. The van der Waals surface area contributed by atoms with Crippen LogP contribution in [0.25, 0.3) is 20.8 Å². The number of hydrogen-bond donors (Lipinski definition) is 1. The number of fused-ring (bicyclic) bond motifs is 1. The second kappa shape index (κ2) is 7.50. The van der Waals surface area contributed by atoms with Crippen molar-refractivity contribution in [2.75, 3.05) is 5.32 Å². The third-order valence-electron chi connectivity index (χ3n) is 5.14. The fourth-order valence-electron chi connectivity index (χ4n) is 3.36. The van der Waals surface area contributed by atoms with Crippen LogP contribution in [0.4, 0.5) is 5.69 Å². The molecule has 2 heterocycles. The zero-order valence-electron chi connectivity index (χ0n) is 16.5. The fourth-order valence-corrected chi connectivity index (χ4v) is 4.43. The van der Waals surface area contributed by atoms with Gasteiger partial charge < -0.3 is 5.32 Å². The molecule has 1 fully saturated rings. The lowest BCUT2D eigenvalue weighted by atomic mass is 10.2. The van der Waals surface area contributed by atoms with Crippen LogP contribution in [0, 0.1) is 6.92 Å². The summed E-state index contributed by atoms with van der Waals surface area (Å²) in [4.78, 5) is 29.1. The number of benzene rings is 2. The van der Waals surface area contributed by atoms with Gasteiger partial charge >= 0.3 is 0 Å². The molecule has 0 radical (unpaired) electrons. The Kier molecular flexibility index (Phi) is 4.67. The molecule has 1 N–H and O–H groups in total. The molecule has 1 amide bonds. The lowest BCUT2D eigenvalue weighted by Gasteiger charge is -2.08. The molecule has 5 rings (SSSR count). The number of amides is 1. The van der Waals surface area contributed by atoms with Crippen LogP contribution in [-0.2, 0) is 11.3 Å². The summed E-state index contributed by atoms with van der Waals surface area (Å²) < 4.78 is 2.40. The quantitative estimate of drug-likeness (QED) is 0.525. The SMILES string of the molecule is Cc1ccc2nc(-c3ccc(NC(=O)Cn4nc(C5CC5)ccc4=O)cc3)sc2c1. The lowest BCUT2D eigenvalue weighted by Crippen LogP contribution is -2.29. The van der Waals surface area contributed by atoms with Crippen LogP contribution < -0.4 is 10.9 Å². The van der Waals surface area contributed by atoms with E-state index in [0.717, 1.165) is 39.3 Å². The molecule has 1 saturated carbocycles. The van der Waals surface area contributed by atoms with E-state index >= 15 is 0 Å². The number of aryl methyl sites for hydroxylation is 1. The Morgan fingerprint density at radius 3 is 2.70 bits per heavy atom. The maximum absolute atomic E-state index is 12.4. The van der Waals surface area contributed by atoms with Gasteiger partial charge in [0.2, 0.25) is 5.91 Å². The van der Waals surface area contributed by atoms with E-state index in [1.807, 2.05) is 30.3 Å². The van der Waals surface area contributed by atoms with Crippen molar-refractivity contribution in [2.24, 2.45) is 0 Å². The second-order valence-electron chi connectivity index (χ2n) is 7.64. The Bertz CT molecular complexity index is 1300. The summed E-state index contributed by atoms with van der Waals surface area (Å²) in [5.74, 6) is 0.152. The van der Waals surface area contributed by atoms with E-state index < -0.39 is 0 Å². The summed E-state index contributed by atoms with van der Waals surface area (Å²) in [6.45, 7) is 1.97. The predicted octanol–water partition coefficient (Wildman–Crippen LogP) is 4.34. The third kappa shape index (κ3) is 3.89. The van der Waals surface area contributed by atoms with Crippen molar-refractivity contribution in [1.29, 1.82) is 0 Å². The van der Waals surface area contributed by atoms with Crippen molar-refractivity contribution in [3.63, 3.8) is 0 Å². The molecule has 1 aliphatic rings. The molecule has 4 aromatic rings. The Morgan fingerprint density at radius 2 is 1.93 bits per heavy atom. The minimum Gasteiger partial charge on any atom is -0.324 e. The average Bonchev–Trinajstić information content (AvgIpc) is 3.49. The highest BCUT2D eigenvalue weighted by Crippen LogP contribution is 2.38. The van der Waals surface area contributed by atoms with Crippen molar-refractivity contribution < 1.29 is 4.79 Å². The highest BCUT2D eigenvalue weighted by atomic mass is 32.1. The van der Waals surface area contributed by atoms with Crippen LogP contribution in [0.2, 0.25) is 0 Å². The molecule has 0 atom stereocenters. The monoisotopic (exact) mass is 416 g/mol. The summed E-state index contributed by atoms with van der Waals surface area (Å²) in [6, 6.07) is 17.1. The molecule has 6 nitrogen and oxygen atoms in total. The predicted molar refractivity (Wildman–Crippen MR) is 119 cm³/mol. The van der Waals surface area contributed by atoms with E-state index in [0.29, 0.717) is 11.6 Å². The Labute approximate surface area is 177 Å². The first-order valence-electron chi connectivity index (χ1n) is 9.91. The number of aromatic nitrogens is 3. The zero-order chi connectivity index (χ0) is 20.7. The number of anilines is 1. The first-order chi connectivity index (χ1) is 14.5. The van der Waals surface area contributed by atoms with Gasteiger partial charge in [0, 0.05) is 23.2 Å². The van der Waals surface area contributed by atoms with E-state index in [4.69, 9.17) is 4.98 Å². The molecule has 0 bridgehead atoms. The van der Waals surface area contributed by atoms with Crippen LogP contribution in [0.15, 0.2) is 59.4 Å². The molecule has 150 valence electrons. The van der Waals surface area contributed by atoms with Crippen LogP contribution in [0.3, 0.4) is 0 Å².